The quantitative estimate of drug-likeness (QED) is 0.849. The summed E-state index contributed by atoms with van der Waals surface area (Å²) >= 11 is 0. The normalized spacial score (nSPS) is 13.2. The molecule has 0 saturated carbocycles. The second-order valence-electron chi connectivity index (χ2n) is 4.18. The Bertz CT molecular complexity index is 479. The Balaban J connectivity index is 2.45. The van der Waals surface area contributed by atoms with Crippen LogP contribution in [0.3, 0.4) is 0 Å². The third-order valence-electron chi connectivity index (χ3n) is 2.84. The number of nitrogens with zero attached hydrogens (tertiary/aromatic N) is 2. The summed E-state index contributed by atoms with van der Waals surface area (Å²) in [5.41, 5.74) is 7.98. The van der Waals surface area contributed by atoms with Gasteiger partial charge in [0.1, 0.15) is 0 Å². The van der Waals surface area contributed by atoms with Crippen molar-refractivity contribution >= 4 is 10.9 Å². The van der Waals surface area contributed by atoms with Crippen LogP contribution in [0.25, 0.3) is 10.9 Å². The molecule has 0 aliphatic carbocycles. The molecule has 2 rings (SSSR count). The van der Waals surface area contributed by atoms with Gasteiger partial charge in [0.25, 0.3) is 0 Å². The van der Waals surface area contributed by atoms with Gasteiger partial charge in [0.2, 0.25) is 0 Å². The van der Waals surface area contributed by atoms with Gasteiger partial charge in [-0.1, -0.05) is 18.2 Å². The summed E-state index contributed by atoms with van der Waals surface area (Å²) in [5, 5.41) is 1.17. The Morgan fingerprint density at radius 1 is 1.31 bits per heavy atom. The average Bonchev–Trinajstić information content (AvgIpc) is 2.29. The molecule has 1 heterocycles. The van der Waals surface area contributed by atoms with Crippen LogP contribution >= 0.6 is 0 Å². The van der Waals surface area contributed by atoms with E-state index in [-0.39, 0.29) is 6.04 Å². The van der Waals surface area contributed by atoms with E-state index in [0.29, 0.717) is 6.54 Å². The molecular weight excluding hydrogens is 198 g/mol. The molecule has 0 aliphatic heterocycles. The van der Waals surface area contributed by atoms with Crippen molar-refractivity contribution in [3.8, 4) is 0 Å². The second-order valence-corrected chi connectivity index (χ2v) is 4.18. The number of aromatic nitrogens is 1. The predicted octanol–water partition coefficient (Wildman–Crippen LogP) is 1.80. The van der Waals surface area contributed by atoms with Crippen molar-refractivity contribution in [2.75, 3.05) is 20.6 Å². The monoisotopic (exact) mass is 215 g/mol. The first-order chi connectivity index (χ1) is 7.72. The van der Waals surface area contributed by atoms with Crippen LogP contribution in [0.2, 0.25) is 0 Å². The molecule has 0 bridgehead atoms. The molecule has 0 fully saturated rings. The van der Waals surface area contributed by atoms with E-state index in [0.717, 1.165) is 5.52 Å². The van der Waals surface area contributed by atoms with Crippen molar-refractivity contribution in [1.29, 1.82) is 0 Å². The van der Waals surface area contributed by atoms with Crippen molar-refractivity contribution in [2.45, 2.75) is 6.04 Å². The van der Waals surface area contributed by atoms with Crippen LogP contribution in [-0.2, 0) is 0 Å². The molecule has 3 heteroatoms. The Morgan fingerprint density at radius 2 is 2.06 bits per heavy atom. The number of hydrogen-bond donors (Lipinski definition) is 1. The smallest absolute Gasteiger partial charge is 0.0702 e. The molecule has 2 aromatic rings. The molecule has 1 atom stereocenters. The highest BCUT2D eigenvalue weighted by atomic mass is 15.1. The first-order valence-electron chi connectivity index (χ1n) is 5.43. The van der Waals surface area contributed by atoms with Crippen LogP contribution in [0.1, 0.15) is 11.6 Å². The van der Waals surface area contributed by atoms with Gasteiger partial charge in [-0.25, -0.2) is 0 Å². The number of pyridine rings is 1. The number of fused-ring (bicyclic) bond motifs is 1. The third-order valence-corrected chi connectivity index (χ3v) is 2.84. The number of para-hydroxylation sites is 1. The van der Waals surface area contributed by atoms with E-state index in [1.165, 1.54) is 10.9 Å². The predicted molar refractivity (Wildman–Crippen MR) is 67.2 cm³/mol. The molecule has 0 radical (unpaired) electrons. The van der Waals surface area contributed by atoms with E-state index in [1.54, 1.807) is 0 Å². The van der Waals surface area contributed by atoms with Gasteiger partial charge in [0.15, 0.2) is 0 Å². The van der Waals surface area contributed by atoms with Crippen molar-refractivity contribution < 1.29 is 0 Å². The Labute approximate surface area is 95.9 Å². The van der Waals surface area contributed by atoms with Crippen LogP contribution in [-0.4, -0.2) is 30.5 Å². The summed E-state index contributed by atoms with van der Waals surface area (Å²) in [5.74, 6) is 0. The number of benzene rings is 1. The van der Waals surface area contributed by atoms with E-state index in [9.17, 15) is 0 Å². The zero-order valence-electron chi connectivity index (χ0n) is 9.72. The fourth-order valence-electron chi connectivity index (χ4n) is 1.92. The molecule has 1 unspecified atom stereocenters. The van der Waals surface area contributed by atoms with E-state index in [2.05, 4.69) is 22.0 Å². The van der Waals surface area contributed by atoms with Crippen LogP contribution < -0.4 is 5.73 Å². The van der Waals surface area contributed by atoms with Crippen molar-refractivity contribution in [2.24, 2.45) is 5.73 Å². The first kappa shape index (κ1) is 11.0. The summed E-state index contributed by atoms with van der Waals surface area (Å²) in [4.78, 5) is 6.57. The van der Waals surface area contributed by atoms with Crippen molar-refractivity contribution in [1.82, 2.24) is 9.88 Å². The van der Waals surface area contributed by atoms with Gasteiger partial charge >= 0.3 is 0 Å². The van der Waals surface area contributed by atoms with Gasteiger partial charge in [-0.05, 0) is 31.8 Å². The van der Waals surface area contributed by atoms with Gasteiger partial charge in [0.05, 0.1) is 5.52 Å². The number of rotatable bonds is 3. The van der Waals surface area contributed by atoms with Crippen LogP contribution in [0.4, 0.5) is 0 Å². The van der Waals surface area contributed by atoms with E-state index in [4.69, 9.17) is 5.73 Å². The lowest BCUT2D eigenvalue weighted by Crippen LogP contribution is -2.27. The largest absolute Gasteiger partial charge is 0.329 e. The van der Waals surface area contributed by atoms with Crippen LogP contribution in [0, 0.1) is 0 Å². The molecule has 0 amide bonds. The highest BCUT2D eigenvalue weighted by Gasteiger charge is 2.12. The molecule has 3 nitrogen and oxygen atoms in total. The van der Waals surface area contributed by atoms with Crippen LogP contribution in [0.15, 0.2) is 36.5 Å². The van der Waals surface area contributed by atoms with Gasteiger partial charge in [-0.15, -0.1) is 0 Å². The lowest BCUT2D eigenvalue weighted by atomic mass is 10.1. The average molecular weight is 215 g/mol. The van der Waals surface area contributed by atoms with Crippen molar-refractivity contribution in [3.63, 3.8) is 0 Å². The number of likely N-dealkylation sites (N-methyl/N-ethyl adjacent to an activating group) is 1. The van der Waals surface area contributed by atoms with Gasteiger partial charge in [0, 0.05) is 24.2 Å². The Hall–Kier alpha value is -1.45. The minimum atomic E-state index is 0.233. The SMILES string of the molecule is CN(C)C(CN)c1cnc2ccccc2c1. The van der Waals surface area contributed by atoms with Crippen LogP contribution in [0.5, 0.6) is 0 Å². The summed E-state index contributed by atoms with van der Waals surface area (Å²) in [6.07, 6.45) is 1.92. The van der Waals surface area contributed by atoms with Gasteiger partial charge in [-0.3, -0.25) is 4.98 Å². The van der Waals surface area contributed by atoms with Crippen molar-refractivity contribution in [3.05, 3.63) is 42.1 Å². The summed E-state index contributed by atoms with van der Waals surface area (Å²) in [6.45, 7) is 0.604. The first-order valence-corrected chi connectivity index (χ1v) is 5.43. The lowest BCUT2D eigenvalue weighted by molar-refractivity contribution is 0.306. The minimum Gasteiger partial charge on any atom is -0.329 e. The lowest BCUT2D eigenvalue weighted by Gasteiger charge is -2.22. The molecule has 0 saturated heterocycles. The fourth-order valence-corrected chi connectivity index (χ4v) is 1.92. The molecule has 1 aromatic heterocycles. The molecule has 0 aliphatic rings. The van der Waals surface area contributed by atoms with Gasteiger partial charge in [-0.2, -0.15) is 0 Å². The van der Waals surface area contributed by atoms with E-state index >= 15 is 0 Å². The molecule has 1 aromatic carbocycles. The maximum absolute atomic E-state index is 5.78. The number of nitrogens with two attached hydrogens (primary N) is 1. The fraction of sp³-hybridized carbons (Fsp3) is 0.308. The zero-order chi connectivity index (χ0) is 11.5. The number of hydrogen-bond acceptors (Lipinski definition) is 3. The maximum Gasteiger partial charge on any atom is 0.0702 e. The summed E-state index contributed by atoms with van der Waals surface area (Å²) in [6, 6.07) is 10.5. The molecular formula is C13H17N3. The second kappa shape index (κ2) is 4.60. The van der Waals surface area contributed by atoms with E-state index < -0.39 is 0 Å². The molecule has 0 spiro atoms. The minimum absolute atomic E-state index is 0.233. The Morgan fingerprint density at radius 3 is 2.75 bits per heavy atom. The Kier molecular flexibility index (Phi) is 3.17. The molecule has 2 N–H and O–H groups in total. The highest BCUT2D eigenvalue weighted by Crippen LogP contribution is 2.20. The summed E-state index contributed by atoms with van der Waals surface area (Å²) < 4.78 is 0. The summed E-state index contributed by atoms with van der Waals surface area (Å²) in [7, 11) is 4.07. The maximum atomic E-state index is 5.78. The molecule has 16 heavy (non-hydrogen) atoms. The standard InChI is InChI=1S/C13H17N3/c1-16(2)13(8-14)11-7-10-5-3-4-6-12(10)15-9-11/h3-7,9,13H,8,14H2,1-2H3. The van der Waals surface area contributed by atoms with E-state index in [1.807, 2.05) is 38.5 Å². The zero-order valence-corrected chi connectivity index (χ0v) is 9.72. The highest BCUT2D eigenvalue weighted by molar-refractivity contribution is 5.78. The van der Waals surface area contributed by atoms with Gasteiger partial charge < -0.3 is 10.6 Å². The third kappa shape index (κ3) is 2.05. The topological polar surface area (TPSA) is 42.1 Å². The molecule has 84 valence electrons.